The number of carbonyl (C=O) groups excluding carboxylic acids is 1. The fourth-order valence-electron chi connectivity index (χ4n) is 1.45. The van der Waals surface area contributed by atoms with Crippen molar-refractivity contribution in [2.45, 2.75) is 10.6 Å². The van der Waals surface area contributed by atoms with E-state index in [0.29, 0.717) is 5.56 Å². The lowest BCUT2D eigenvalue weighted by atomic mass is 10.1. The maximum absolute atomic E-state index is 10.9. The number of hydrogen-bond acceptors (Lipinski definition) is 2. The van der Waals surface area contributed by atoms with Crippen LogP contribution in [0.1, 0.15) is 15.9 Å². The van der Waals surface area contributed by atoms with Gasteiger partial charge in [0.25, 0.3) is 0 Å². The Balaban J connectivity index is 0.00000162. The van der Waals surface area contributed by atoms with Crippen LogP contribution in [0.3, 0.4) is 0 Å². The van der Waals surface area contributed by atoms with Crippen LogP contribution in [-0.2, 0) is 5.75 Å². The molecule has 0 unspecified atom stereocenters. The Bertz CT molecular complexity index is 503. The summed E-state index contributed by atoms with van der Waals surface area (Å²) in [5.41, 5.74) is 6.92. The van der Waals surface area contributed by atoms with Gasteiger partial charge in [0.15, 0.2) is 0 Å². The number of halogens is 2. The van der Waals surface area contributed by atoms with E-state index >= 15 is 0 Å². The van der Waals surface area contributed by atoms with Gasteiger partial charge < -0.3 is 5.73 Å². The zero-order valence-corrected chi connectivity index (χ0v) is 12.6. The van der Waals surface area contributed by atoms with E-state index in [1.807, 2.05) is 30.3 Å². The second kappa shape index (κ2) is 8.86. The van der Waals surface area contributed by atoms with E-state index in [-0.39, 0.29) is 30.7 Å². The number of thioether (sulfide) groups is 1. The molecular weight excluding hydrogens is 301 g/mol. The SMILES string of the molecule is Cl.Cl.NC(=O)c1ccc(CSc2ccccc2)cc1. The lowest BCUT2D eigenvalue weighted by molar-refractivity contribution is 0.100. The number of amides is 1. The fraction of sp³-hybridized carbons (Fsp3) is 0.0714. The van der Waals surface area contributed by atoms with Crippen molar-refractivity contribution in [1.29, 1.82) is 0 Å². The second-order valence-corrected chi connectivity index (χ2v) is 4.71. The summed E-state index contributed by atoms with van der Waals surface area (Å²) in [6, 6.07) is 17.6. The van der Waals surface area contributed by atoms with Crippen molar-refractivity contribution < 1.29 is 4.79 Å². The molecule has 0 aliphatic heterocycles. The molecule has 0 aliphatic carbocycles. The van der Waals surface area contributed by atoms with Gasteiger partial charge >= 0.3 is 0 Å². The molecular formula is C14H15Cl2NOS. The minimum Gasteiger partial charge on any atom is -0.366 e. The minimum absolute atomic E-state index is 0. The molecule has 5 heteroatoms. The van der Waals surface area contributed by atoms with E-state index in [1.165, 1.54) is 10.5 Å². The van der Waals surface area contributed by atoms with Crippen LogP contribution in [0, 0.1) is 0 Å². The first-order valence-electron chi connectivity index (χ1n) is 5.32. The summed E-state index contributed by atoms with van der Waals surface area (Å²) in [7, 11) is 0. The predicted octanol–water partition coefficient (Wildman–Crippen LogP) is 3.92. The molecule has 0 aliphatic rings. The van der Waals surface area contributed by atoms with E-state index in [2.05, 4.69) is 12.1 Å². The summed E-state index contributed by atoms with van der Waals surface area (Å²) < 4.78 is 0. The Morgan fingerprint density at radius 3 is 2.05 bits per heavy atom. The third kappa shape index (κ3) is 5.55. The second-order valence-electron chi connectivity index (χ2n) is 3.66. The van der Waals surface area contributed by atoms with Gasteiger partial charge in [-0.3, -0.25) is 4.79 Å². The van der Waals surface area contributed by atoms with E-state index in [0.717, 1.165) is 5.75 Å². The Labute approximate surface area is 129 Å². The van der Waals surface area contributed by atoms with Gasteiger partial charge in [0, 0.05) is 16.2 Å². The molecule has 2 nitrogen and oxygen atoms in total. The van der Waals surface area contributed by atoms with E-state index in [9.17, 15) is 4.79 Å². The normalized spacial score (nSPS) is 9.05. The number of benzene rings is 2. The molecule has 0 atom stereocenters. The largest absolute Gasteiger partial charge is 0.366 e. The zero-order valence-electron chi connectivity index (χ0n) is 10.1. The van der Waals surface area contributed by atoms with Gasteiger partial charge in [-0.1, -0.05) is 30.3 Å². The highest BCUT2D eigenvalue weighted by Crippen LogP contribution is 2.22. The van der Waals surface area contributed by atoms with Gasteiger partial charge in [0.2, 0.25) is 5.91 Å². The highest BCUT2D eigenvalue weighted by molar-refractivity contribution is 7.98. The molecule has 102 valence electrons. The van der Waals surface area contributed by atoms with Crippen LogP contribution >= 0.6 is 36.6 Å². The first kappa shape index (κ1) is 17.8. The average molecular weight is 316 g/mol. The number of hydrogen-bond donors (Lipinski definition) is 1. The van der Waals surface area contributed by atoms with Crippen molar-refractivity contribution in [2.75, 3.05) is 0 Å². The fourth-order valence-corrected chi connectivity index (χ4v) is 2.32. The summed E-state index contributed by atoms with van der Waals surface area (Å²) in [5.74, 6) is 0.510. The smallest absolute Gasteiger partial charge is 0.248 e. The van der Waals surface area contributed by atoms with Crippen LogP contribution in [0.5, 0.6) is 0 Å². The summed E-state index contributed by atoms with van der Waals surface area (Å²) in [6.45, 7) is 0. The number of nitrogens with two attached hydrogens (primary N) is 1. The lowest BCUT2D eigenvalue weighted by Gasteiger charge is -2.02. The van der Waals surface area contributed by atoms with Crippen LogP contribution < -0.4 is 5.73 Å². The summed E-state index contributed by atoms with van der Waals surface area (Å²) in [5, 5.41) is 0. The van der Waals surface area contributed by atoms with Gasteiger partial charge in [0.1, 0.15) is 0 Å². The topological polar surface area (TPSA) is 43.1 Å². The molecule has 0 saturated heterocycles. The molecule has 1 amide bonds. The van der Waals surface area contributed by atoms with Gasteiger partial charge in [0.05, 0.1) is 0 Å². The van der Waals surface area contributed by atoms with Crippen molar-refractivity contribution in [1.82, 2.24) is 0 Å². The Morgan fingerprint density at radius 2 is 1.53 bits per heavy atom. The highest BCUT2D eigenvalue weighted by Gasteiger charge is 2.00. The van der Waals surface area contributed by atoms with Crippen molar-refractivity contribution in [3.8, 4) is 0 Å². The maximum atomic E-state index is 10.9. The van der Waals surface area contributed by atoms with Gasteiger partial charge in [-0.25, -0.2) is 0 Å². The van der Waals surface area contributed by atoms with Gasteiger partial charge in [-0.05, 0) is 29.8 Å². The Kier molecular flexibility index (Phi) is 8.32. The van der Waals surface area contributed by atoms with Crippen LogP contribution in [0.15, 0.2) is 59.5 Å². The van der Waals surface area contributed by atoms with Crippen LogP contribution in [0.25, 0.3) is 0 Å². The van der Waals surface area contributed by atoms with Crippen molar-refractivity contribution in [2.24, 2.45) is 5.73 Å². The first-order chi connectivity index (χ1) is 8.25. The van der Waals surface area contributed by atoms with Crippen LogP contribution in [-0.4, -0.2) is 5.91 Å². The molecule has 0 aromatic heterocycles. The molecule has 2 rings (SSSR count). The minimum atomic E-state index is -0.382. The van der Waals surface area contributed by atoms with E-state index in [1.54, 1.807) is 23.9 Å². The van der Waals surface area contributed by atoms with Crippen LogP contribution in [0.4, 0.5) is 0 Å². The molecule has 0 fully saturated rings. The summed E-state index contributed by atoms with van der Waals surface area (Å²) in [4.78, 5) is 12.2. The van der Waals surface area contributed by atoms with Crippen molar-refractivity contribution in [3.05, 3.63) is 65.7 Å². The highest BCUT2D eigenvalue weighted by atomic mass is 35.5. The molecule has 0 heterocycles. The monoisotopic (exact) mass is 315 g/mol. The third-order valence-electron chi connectivity index (χ3n) is 2.39. The molecule has 0 saturated carbocycles. The Hall–Kier alpha value is -1.16. The van der Waals surface area contributed by atoms with Crippen LogP contribution in [0.2, 0.25) is 0 Å². The number of primary amides is 1. The van der Waals surface area contributed by atoms with Crippen molar-refractivity contribution in [3.63, 3.8) is 0 Å². The molecule has 2 aromatic rings. The van der Waals surface area contributed by atoms with E-state index in [4.69, 9.17) is 5.73 Å². The summed E-state index contributed by atoms with van der Waals surface area (Å²) in [6.07, 6.45) is 0. The number of carbonyl (C=O) groups is 1. The molecule has 0 spiro atoms. The third-order valence-corrected chi connectivity index (χ3v) is 3.47. The number of rotatable bonds is 4. The summed E-state index contributed by atoms with van der Waals surface area (Å²) >= 11 is 1.77. The van der Waals surface area contributed by atoms with Crippen molar-refractivity contribution >= 4 is 42.5 Å². The lowest BCUT2D eigenvalue weighted by Crippen LogP contribution is -2.10. The molecule has 19 heavy (non-hydrogen) atoms. The van der Waals surface area contributed by atoms with Gasteiger partial charge in [-0.2, -0.15) is 0 Å². The van der Waals surface area contributed by atoms with Gasteiger partial charge in [-0.15, -0.1) is 36.6 Å². The maximum Gasteiger partial charge on any atom is 0.248 e. The molecule has 0 radical (unpaired) electrons. The average Bonchev–Trinajstić information content (AvgIpc) is 2.38. The van der Waals surface area contributed by atoms with E-state index < -0.39 is 0 Å². The Morgan fingerprint density at radius 1 is 0.947 bits per heavy atom. The standard InChI is InChI=1S/C14H13NOS.2ClH/c15-14(16)12-8-6-11(7-9-12)10-17-13-4-2-1-3-5-13;;/h1-9H,10H2,(H2,15,16);2*1H. The first-order valence-corrected chi connectivity index (χ1v) is 6.31. The molecule has 2 N–H and O–H groups in total. The molecule has 2 aromatic carbocycles. The quantitative estimate of drug-likeness (QED) is 0.869. The predicted molar refractivity (Wildman–Crippen MR) is 85.5 cm³/mol. The molecule has 0 bridgehead atoms. The zero-order chi connectivity index (χ0) is 12.1.